The molecule has 0 aliphatic carbocycles. The van der Waals surface area contributed by atoms with Crippen molar-refractivity contribution in [2.75, 3.05) is 13.6 Å². The number of hydrogen-bond acceptors (Lipinski definition) is 4. The summed E-state index contributed by atoms with van der Waals surface area (Å²) in [5.41, 5.74) is 4.50. The molecule has 0 atom stereocenters. The lowest BCUT2D eigenvalue weighted by Gasteiger charge is -2.16. The number of likely N-dealkylation sites (N-methyl/N-ethyl adjacent to an activating group) is 1. The molecule has 0 radical (unpaired) electrons. The van der Waals surface area contributed by atoms with Crippen LogP contribution in [0.2, 0.25) is 0 Å². The zero-order valence-corrected chi connectivity index (χ0v) is 16.8. The molecule has 0 unspecified atom stereocenters. The number of aromatic nitrogens is 1. The molecular weight excluding hydrogens is 354 g/mol. The third-order valence-electron chi connectivity index (χ3n) is 4.11. The van der Waals surface area contributed by atoms with E-state index in [1.807, 2.05) is 44.0 Å². The molecule has 4 nitrogen and oxygen atoms in total. The minimum atomic E-state index is 0.0424. The van der Waals surface area contributed by atoms with Gasteiger partial charge in [0, 0.05) is 17.0 Å². The smallest absolute Gasteiger partial charge is 0.234 e. The summed E-state index contributed by atoms with van der Waals surface area (Å²) >= 11 is 1.63. The average Bonchev–Trinajstić information content (AvgIpc) is 3.10. The van der Waals surface area contributed by atoms with E-state index in [2.05, 4.69) is 47.1 Å². The molecule has 3 aromatic rings. The Bertz CT molecular complexity index is 872. The highest BCUT2D eigenvalue weighted by molar-refractivity contribution is 7.09. The fourth-order valence-corrected chi connectivity index (χ4v) is 3.76. The first-order chi connectivity index (χ1) is 13.0. The monoisotopic (exact) mass is 379 g/mol. The Hall–Kier alpha value is -2.50. The Labute approximate surface area is 164 Å². The molecule has 0 saturated heterocycles. The largest absolute Gasteiger partial charge is 0.353 e. The highest BCUT2D eigenvalue weighted by Gasteiger charge is 2.11. The molecule has 3 rings (SSSR count). The van der Waals surface area contributed by atoms with Gasteiger partial charge in [-0.15, -0.1) is 11.3 Å². The van der Waals surface area contributed by atoms with E-state index in [0.29, 0.717) is 13.1 Å². The number of carbonyl (C=O) groups is 1. The molecule has 1 heterocycles. The van der Waals surface area contributed by atoms with Gasteiger partial charge in [0.2, 0.25) is 5.91 Å². The third-order valence-corrected chi connectivity index (χ3v) is 4.94. The second-order valence-corrected chi connectivity index (χ2v) is 7.91. The van der Waals surface area contributed by atoms with Crippen LogP contribution in [0.15, 0.2) is 60.0 Å². The molecule has 0 bridgehead atoms. The number of nitrogens with zero attached hydrogens (tertiary/aromatic N) is 2. The van der Waals surface area contributed by atoms with E-state index in [0.717, 1.165) is 16.3 Å². The minimum absolute atomic E-state index is 0.0424. The summed E-state index contributed by atoms with van der Waals surface area (Å²) in [5.74, 6) is 0.0424. The molecule has 27 heavy (non-hydrogen) atoms. The second kappa shape index (κ2) is 8.93. The molecule has 140 valence electrons. The van der Waals surface area contributed by atoms with Crippen LogP contribution >= 0.6 is 11.3 Å². The molecule has 0 fully saturated rings. The number of benzene rings is 2. The molecule has 1 amide bonds. The van der Waals surface area contributed by atoms with E-state index in [-0.39, 0.29) is 11.9 Å². The number of carbonyl (C=O) groups excluding carboxylic acids is 1. The number of nitrogens with one attached hydrogen (secondary N) is 1. The summed E-state index contributed by atoms with van der Waals surface area (Å²) in [6, 6.07) is 19.0. The van der Waals surface area contributed by atoms with Crippen LogP contribution in [0.5, 0.6) is 0 Å². The molecule has 0 saturated carbocycles. The second-order valence-electron chi connectivity index (χ2n) is 6.96. The summed E-state index contributed by atoms with van der Waals surface area (Å²) in [5, 5.41) is 6.00. The van der Waals surface area contributed by atoms with E-state index in [1.165, 1.54) is 11.1 Å². The summed E-state index contributed by atoms with van der Waals surface area (Å²) in [4.78, 5) is 18.6. The van der Waals surface area contributed by atoms with E-state index in [4.69, 9.17) is 4.98 Å². The first kappa shape index (κ1) is 19.3. The van der Waals surface area contributed by atoms with Crippen molar-refractivity contribution in [2.24, 2.45) is 0 Å². The van der Waals surface area contributed by atoms with Crippen LogP contribution in [0.25, 0.3) is 22.4 Å². The fourth-order valence-electron chi connectivity index (χ4n) is 2.88. The van der Waals surface area contributed by atoms with Gasteiger partial charge in [-0.05, 0) is 32.0 Å². The molecule has 2 aromatic carbocycles. The van der Waals surface area contributed by atoms with Crippen LogP contribution in [0, 0.1) is 0 Å². The Kier molecular flexibility index (Phi) is 6.37. The zero-order chi connectivity index (χ0) is 19.2. The standard InChI is InChI=1S/C22H25N3OS/c1-16(2)23-21(26)13-25(3)14-22-24-20(15-27-22)19-11-9-18(10-12-19)17-7-5-4-6-8-17/h4-12,15-16H,13-14H2,1-3H3,(H,23,26). The predicted molar refractivity (Wildman–Crippen MR) is 113 cm³/mol. The number of thiazole rings is 1. The Morgan fingerprint density at radius 2 is 1.67 bits per heavy atom. The van der Waals surface area contributed by atoms with Crippen LogP contribution in [0.1, 0.15) is 18.9 Å². The average molecular weight is 380 g/mol. The number of amides is 1. The SMILES string of the molecule is CC(C)NC(=O)CN(C)Cc1nc(-c2ccc(-c3ccccc3)cc2)cs1. The van der Waals surface area contributed by atoms with Crippen molar-refractivity contribution in [3.05, 3.63) is 65.0 Å². The normalized spacial score (nSPS) is 11.1. The molecule has 1 aromatic heterocycles. The van der Waals surface area contributed by atoms with Gasteiger partial charge in [0.25, 0.3) is 0 Å². The van der Waals surface area contributed by atoms with Crippen LogP contribution in [0.3, 0.4) is 0 Å². The lowest BCUT2D eigenvalue weighted by Crippen LogP contribution is -2.38. The molecule has 1 N–H and O–H groups in total. The molecule has 0 aliphatic rings. The third kappa shape index (κ3) is 5.49. The van der Waals surface area contributed by atoms with Crippen molar-refractivity contribution >= 4 is 17.2 Å². The predicted octanol–water partition coefficient (Wildman–Crippen LogP) is 4.43. The summed E-state index contributed by atoms with van der Waals surface area (Å²) in [6.45, 7) is 4.97. The van der Waals surface area contributed by atoms with Crippen LogP contribution in [0.4, 0.5) is 0 Å². The molecule has 0 spiro atoms. The first-order valence-corrected chi connectivity index (χ1v) is 9.97. The van der Waals surface area contributed by atoms with Crippen molar-refractivity contribution in [2.45, 2.75) is 26.4 Å². The zero-order valence-electron chi connectivity index (χ0n) is 16.0. The van der Waals surface area contributed by atoms with E-state index >= 15 is 0 Å². The van der Waals surface area contributed by atoms with Gasteiger partial charge in [-0.3, -0.25) is 9.69 Å². The highest BCUT2D eigenvalue weighted by Crippen LogP contribution is 2.26. The maximum absolute atomic E-state index is 11.9. The van der Waals surface area contributed by atoms with Crippen molar-refractivity contribution in [3.8, 4) is 22.4 Å². The van der Waals surface area contributed by atoms with Crippen LogP contribution in [-0.4, -0.2) is 35.4 Å². The van der Waals surface area contributed by atoms with Gasteiger partial charge >= 0.3 is 0 Å². The van der Waals surface area contributed by atoms with Gasteiger partial charge < -0.3 is 5.32 Å². The van der Waals surface area contributed by atoms with Gasteiger partial charge in [0.15, 0.2) is 0 Å². The summed E-state index contributed by atoms with van der Waals surface area (Å²) < 4.78 is 0. The maximum atomic E-state index is 11.9. The Balaban J connectivity index is 1.63. The van der Waals surface area contributed by atoms with Gasteiger partial charge in [-0.25, -0.2) is 4.98 Å². The van der Waals surface area contributed by atoms with Crippen molar-refractivity contribution in [3.63, 3.8) is 0 Å². The lowest BCUT2D eigenvalue weighted by molar-refractivity contribution is -0.122. The van der Waals surface area contributed by atoms with Gasteiger partial charge in [-0.1, -0.05) is 54.6 Å². The van der Waals surface area contributed by atoms with Crippen molar-refractivity contribution in [1.29, 1.82) is 0 Å². The molecular formula is C22H25N3OS. The molecule has 0 aliphatic heterocycles. The van der Waals surface area contributed by atoms with Gasteiger partial charge in [0.1, 0.15) is 5.01 Å². The van der Waals surface area contributed by atoms with E-state index < -0.39 is 0 Å². The Morgan fingerprint density at radius 1 is 1.04 bits per heavy atom. The topological polar surface area (TPSA) is 45.2 Å². The van der Waals surface area contributed by atoms with E-state index in [9.17, 15) is 4.79 Å². The number of hydrogen-bond donors (Lipinski definition) is 1. The first-order valence-electron chi connectivity index (χ1n) is 9.09. The van der Waals surface area contributed by atoms with Crippen molar-refractivity contribution < 1.29 is 4.79 Å². The van der Waals surface area contributed by atoms with Crippen molar-refractivity contribution in [1.82, 2.24) is 15.2 Å². The summed E-state index contributed by atoms with van der Waals surface area (Å²) in [7, 11) is 1.94. The number of rotatable bonds is 7. The quantitative estimate of drug-likeness (QED) is 0.660. The van der Waals surface area contributed by atoms with E-state index in [1.54, 1.807) is 11.3 Å². The lowest BCUT2D eigenvalue weighted by atomic mass is 10.0. The van der Waals surface area contributed by atoms with Gasteiger partial charge in [-0.2, -0.15) is 0 Å². The summed E-state index contributed by atoms with van der Waals surface area (Å²) in [6.07, 6.45) is 0. The Morgan fingerprint density at radius 3 is 2.33 bits per heavy atom. The van der Waals surface area contributed by atoms with Crippen LogP contribution in [-0.2, 0) is 11.3 Å². The minimum Gasteiger partial charge on any atom is -0.353 e. The fraction of sp³-hybridized carbons (Fsp3) is 0.273. The maximum Gasteiger partial charge on any atom is 0.234 e. The molecule has 5 heteroatoms. The van der Waals surface area contributed by atoms with Gasteiger partial charge in [0.05, 0.1) is 18.8 Å². The van der Waals surface area contributed by atoms with Crippen LogP contribution < -0.4 is 5.32 Å². The highest BCUT2D eigenvalue weighted by atomic mass is 32.1.